The number of halogens is 1. The van der Waals surface area contributed by atoms with Gasteiger partial charge in [0, 0.05) is 25.3 Å². The Morgan fingerprint density at radius 2 is 1.89 bits per heavy atom. The van der Waals surface area contributed by atoms with Gasteiger partial charge in [0.15, 0.2) is 0 Å². The highest BCUT2D eigenvalue weighted by Crippen LogP contribution is 2.28. The van der Waals surface area contributed by atoms with Crippen molar-refractivity contribution < 1.29 is 14.3 Å². The van der Waals surface area contributed by atoms with E-state index in [-0.39, 0.29) is 18.4 Å². The van der Waals surface area contributed by atoms with Crippen molar-refractivity contribution in [3.05, 3.63) is 53.1 Å². The van der Waals surface area contributed by atoms with E-state index in [9.17, 15) is 9.59 Å². The summed E-state index contributed by atoms with van der Waals surface area (Å²) in [6.45, 7) is 1.49. The Morgan fingerprint density at radius 3 is 2.52 bits per heavy atom. The maximum atomic E-state index is 12.5. The number of hydrogen-bond acceptors (Lipinski definition) is 4. The van der Waals surface area contributed by atoms with E-state index >= 15 is 0 Å². The molecule has 0 atom stereocenters. The predicted molar refractivity (Wildman–Crippen MR) is 103 cm³/mol. The molecular weight excluding hydrogens is 366 g/mol. The van der Waals surface area contributed by atoms with Crippen molar-refractivity contribution in [3.63, 3.8) is 0 Å². The molecule has 2 amide bonds. The van der Waals surface area contributed by atoms with Gasteiger partial charge in [-0.1, -0.05) is 29.8 Å². The second kappa shape index (κ2) is 8.11. The Morgan fingerprint density at radius 1 is 1.19 bits per heavy atom. The fourth-order valence-corrected chi connectivity index (χ4v) is 3.20. The lowest BCUT2D eigenvalue weighted by Crippen LogP contribution is -2.33. The van der Waals surface area contributed by atoms with Crippen LogP contribution in [0, 0.1) is 11.3 Å². The summed E-state index contributed by atoms with van der Waals surface area (Å²) in [6.07, 6.45) is 0.189. The topological polar surface area (TPSA) is 73.6 Å². The van der Waals surface area contributed by atoms with Crippen molar-refractivity contribution in [1.29, 1.82) is 5.26 Å². The molecule has 0 bridgehead atoms. The first kappa shape index (κ1) is 18.7. The number of nitrogens with zero attached hydrogens (tertiary/aromatic N) is 3. The summed E-state index contributed by atoms with van der Waals surface area (Å²) < 4.78 is 4.62. The number of esters is 1. The molecule has 0 spiro atoms. The van der Waals surface area contributed by atoms with Crippen LogP contribution in [0.2, 0.25) is 5.02 Å². The van der Waals surface area contributed by atoms with Crippen LogP contribution in [0.15, 0.2) is 42.5 Å². The molecule has 6 nitrogen and oxygen atoms in total. The third-order valence-corrected chi connectivity index (χ3v) is 4.82. The molecule has 0 saturated carbocycles. The highest BCUT2D eigenvalue weighted by Gasteiger charge is 2.29. The van der Waals surface area contributed by atoms with E-state index in [1.54, 1.807) is 21.9 Å². The molecule has 2 aromatic carbocycles. The van der Waals surface area contributed by atoms with Gasteiger partial charge in [0.05, 0.1) is 24.1 Å². The number of benzene rings is 2. The lowest BCUT2D eigenvalue weighted by atomic mass is 10.0. The smallest absolute Gasteiger partial charge is 0.324 e. The molecule has 0 aromatic heterocycles. The van der Waals surface area contributed by atoms with E-state index in [4.69, 9.17) is 16.9 Å². The molecule has 0 N–H and O–H groups in total. The van der Waals surface area contributed by atoms with Gasteiger partial charge < -0.3 is 9.64 Å². The van der Waals surface area contributed by atoms with Crippen LogP contribution in [0.25, 0.3) is 11.1 Å². The Kier molecular flexibility index (Phi) is 5.63. The van der Waals surface area contributed by atoms with Crippen LogP contribution in [0.4, 0.5) is 10.5 Å². The number of ether oxygens (including phenoxy) is 1. The van der Waals surface area contributed by atoms with E-state index < -0.39 is 0 Å². The average Bonchev–Trinajstić information content (AvgIpc) is 3.06. The molecule has 1 aliphatic rings. The molecule has 1 heterocycles. The van der Waals surface area contributed by atoms with Crippen molar-refractivity contribution in [2.75, 3.05) is 31.6 Å². The molecule has 0 aliphatic carbocycles. The summed E-state index contributed by atoms with van der Waals surface area (Å²) in [6, 6.07) is 14.8. The molecule has 138 valence electrons. The first-order valence-electron chi connectivity index (χ1n) is 8.47. The van der Waals surface area contributed by atoms with Gasteiger partial charge in [-0.2, -0.15) is 5.26 Å². The van der Waals surface area contributed by atoms with Gasteiger partial charge in [0.25, 0.3) is 0 Å². The summed E-state index contributed by atoms with van der Waals surface area (Å²) in [5, 5.41) is 9.38. The number of methoxy groups -OCH3 is 1. The highest BCUT2D eigenvalue weighted by molar-refractivity contribution is 6.32. The van der Waals surface area contributed by atoms with Gasteiger partial charge in [-0.15, -0.1) is 0 Å². The minimum Gasteiger partial charge on any atom is -0.469 e. The number of hydrogen-bond donors (Lipinski definition) is 0. The fourth-order valence-electron chi connectivity index (χ4n) is 2.98. The van der Waals surface area contributed by atoms with Gasteiger partial charge in [0.2, 0.25) is 0 Å². The van der Waals surface area contributed by atoms with Crippen LogP contribution in [0.1, 0.15) is 12.0 Å². The summed E-state index contributed by atoms with van der Waals surface area (Å²) in [4.78, 5) is 27.1. The standard InChI is InChI=1S/C20H18ClN3O3/c1-27-19(25)8-9-23-10-11-24(20(23)26)17-6-4-14(5-7-17)15-2-3-16(13-22)18(21)12-15/h2-7,12H,8-11H2,1H3. The largest absolute Gasteiger partial charge is 0.469 e. The Hall–Kier alpha value is -3.04. The number of amides is 2. The maximum absolute atomic E-state index is 12.5. The van der Waals surface area contributed by atoms with E-state index in [2.05, 4.69) is 4.74 Å². The van der Waals surface area contributed by atoms with Gasteiger partial charge in [-0.25, -0.2) is 4.79 Å². The van der Waals surface area contributed by atoms with Crippen LogP contribution in [0.3, 0.4) is 0 Å². The zero-order valence-electron chi connectivity index (χ0n) is 14.8. The average molecular weight is 384 g/mol. The maximum Gasteiger partial charge on any atom is 0.324 e. The number of nitriles is 1. The molecule has 3 rings (SSSR count). The van der Waals surface area contributed by atoms with Crippen LogP contribution >= 0.6 is 11.6 Å². The summed E-state index contributed by atoms with van der Waals surface area (Å²) in [7, 11) is 1.34. The third-order valence-electron chi connectivity index (χ3n) is 4.51. The van der Waals surface area contributed by atoms with Crippen molar-refractivity contribution in [3.8, 4) is 17.2 Å². The lowest BCUT2D eigenvalue weighted by Gasteiger charge is -2.18. The molecule has 0 unspecified atom stereocenters. The number of urea groups is 1. The van der Waals surface area contributed by atoms with Gasteiger partial charge in [0.1, 0.15) is 6.07 Å². The Labute approximate surface area is 162 Å². The van der Waals surface area contributed by atoms with Gasteiger partial charge >= 0.3 is 12.0 Å². The fraction of sp³-hybridized carbons (Fsp3) is 0.250. The number of carbonyl (C=O) groups excluding carboxylic acids is 2. The molecule has 0 radical (unpaired) electrons. The number of anilines is 1. The van der Waals surface area contributed by atoms with E-state index in [0.717, 1.165) is 16.8 Å². The van der Waals surface area contributed by atoms with E-state index in [0.29, 0.717) is 30.2 Å². The summed E-state index contributed by atoms with van der Waals surface area (Å²) in [5.41, 5.74) is 3.08. The van der Waals surface area contributed by atoms with Gasteiger partial charge in [-0.3, -0.25) is 9.69 Å². The monoisotopic (exact) mass is 383 g/mol. The number of carbonyl (C=O) groups is 2. The highest BCUT2D eigenvalue weighted by atomic mass is 35.5. The summed E-state index contributed by atoms with van der Waals surface area (Å²) in [5.74, 6) is -0.327. The van der Waals surface area contributed by atoms with Crippen LogP contribution in [0.5, 0.6) is 0 Å². The Bertz CT molecular complexity index is 906. The molecule has 1 saturated heterocycles. The van der Waals surface area contributed by atoms with Crippen LogP contribution in [-0.2, 0) is 9.53 Å². The van der Waals surface area contributed by atoms with Crippen molar-refractivity contribution in [2.24, 2.45) is 0 Å². The zero-order valence-corrected chi connectivity index (χ0v) is 15.6. The minimum atomic E-state index is -0.327. The van der Waals surface area contributed by atoms with Crippen molar-refractivity contribution >= 4 is 29.3 Å². The van der Waals surface area contributed by atoms with E-state index in [1.165, 1.54) is 7.11 Å². The SMILES string of the molecule is COC(=O)CCN1CCN(c2ccc(-c3ccc(C#N)c(Cl)c3)cc2)C1=O. The predicted octanol–water partition coefficient (Wildman–Crippen LogP) is 3.68. The molecule has 1 aliphatic heterocycles. The zero-order chi connectivity index (χ0) is 19.4. The molecule has 7 heteroatoms. The lowest BCUT2D eigenvalue weighted by molar-refractivity contribution is -0.140. The van der Waals surface area contributed by atoms with E-state index in [1.807, 2.05) is 36.4 Å². The first-order valence-corrected chi connectivity index (χ1v) is 8.84. The number of rotatable bonds is 5. The minimum absolute atomic E-state index is 0.118. The van der Waals surface area contributed by atoms with Crippen LogP contribution in [-0.4, -0.2) is 43.6 Å². The molecular formula is C20H18ClN3O3. The molecule has 1 fully saturated rings. The second-order valence-corrected chi connectivity index (χ2v) is 6.51. The van der Waals surface area contributed by atoms with Crippen molar-refractivity contribution in [2.45, 2.75) is 6.42 Å². The summed E-state index contributed by atoms with van der Waals surface area (Å²) >= 11 is 6.10. The van der Waals surface area contributed by atoms with Gasteiger partial charge in [-0.05, 0) is 35.4 Å². The Balaban J connectivity index is 1.71. The van der Waals surface area contributed by atoms with Crippen LogP contribution < -0.4 is 4.90 Å². The van der Waals surface area contributed by atoms with Crippen molar-refractivity contribution in [1.82, 2.24) is 4.90 Å². The quantitative estimate of drug-likeness (QED) is 0.738. The normalized spacial score (nSPS) is 13.6. The third kappa shape index (κ3) is 4.04. The molecule has 27 heavy (non-hydrogen) atoms. The molecule has 2 aromatic rings. The first-order chi connectivity index (χ1) is 13.0. The second-order valence-electron chi connectivity index (χ2n) is 6.10.